The molecule has 27 heavy (non-hydrogen) atoms. The molecule has 0 aliphatic heterocycles. The highest BCUT2D eigenvalue weighted by atomic mass is 35.5. The van der Waals surface area contributed by atoms with E-state index in [1.807, 2.05) is 43.3 Å². The number of carbonyl (C=O) groups excluding carboxylic acids is 1. The fourth-order valence-corrected chi connectivity index (χ4v) is 3.21. The van der Waals surface area contributed by atoms with Crippen LogP contribution in [0.1, 0.15) is 11.3 Å². The Morgan fingerprint density at radius 1 is 1.19 bits per heavy atom. The molecule has 1 amide bonds. The Kier molecular flexibility index (Phi) is 6.02. The summed E-state index contributed by atoms with van der Waals surface area (Å²) < 4.78 is 5.69. The van der Waals surface area contributed by atoms with Crippen molar-refractivity contribution in [3.63, 3.8) is 0 Å². The number of nitriles is 1. The minimum absolute atomic E-state index is 0.0580. The maximum absolute atomic E-state index is 12.4. The number of benzene rings is 2. The predicted molar refractivity (Wildman–Crippen MR) is 108 cm³/mol. The van der Waals surface area contributed by atoms with E-state index in [0.717, 1.165) is 10.5 Å². The van der Waals surface area contributed by atoms with Crippen molar-refractivity contribution < 1.29 is 9.21 Å². The van der Waals surface area contributed by atoms with Gasteiger partial charge in [-0.1, -0.05) is 47.6 Å². The molecule has 3 rings (SSSR count). The lowest BCUT2D eigenvalue weighted by atomic mass is 10.2. The highest BCUT2D eigenvalue weighted by molar-refractivity contribution is 7.99. The van der Waals surface area contributed by atoms with Gasteiger partial charge in [0.25, 0.3) is 5.91 Å². The summed E-state index contributed by atoms with van der Waals surface area (Å²) >= 11 is 7.52. The van der Waals surface area contributed by atoms with Crippen LogP contribution in [0.4, 0.5) is 5.69 Å². The second-order valence-electron chi connectivity index (χ2n) is 5.66. The lowest BCUT2D eigenvalue weighted by Gasteiger charge is -2.06. The zero-order valence-corrected chi connectivity index (χ0v) is 16.0. The molecule has 1 heterocycles. The van der Waals surface area contributed by atoms with Crippen molar-refractivity contribution in [1.82, 2.24) is 0 Å². The molecule has 0 unspecified atom stereocenters. The number of amides is 1. The maximum Gasteiger partial charge on any atom is 0.266 e. The molecule has 0 radical (unpaired) electrons. The first-order valence-electron chi connectivity index (χ1n) is 8.07. The third kappa shape index (κ3) is 5.04. The molecule has 0 atom stereocenters. The van der Waals surface area contributed by atoms with Crippen molar-refractivity contribution in [2.75, 3.05) is 5.32 Å². The Balaban J connectivity index is 1.73. The van der Waals surface area contributed by atoms with Gasteiger partial charge in [-0.2, -0.15) is 5.26 Å². The molecular formula is C21H15ClN2O2S. The van der Waals surface area contributed by atoms with Gasteiger partial charge in [-0.25, -0.2) is 0 Å². The molecule has 0 aliphatic rings. The van der Waals surface area contributed by atoms with Gasteiger partial charge in [-0.15, -0.1) is 0 Å². The van der Waals surface area contributed by atoms with E-state index in [2.05, 4.69) is 5.32 Å². The first kappa shape index (κ1) is 18.8. The predicted octanol–water partition coefficient (Wildman–Crippen LogP) is 5.94. The molecule has 0 saturated carbocycles. The van der Waals surface area contributed by atoms with Crippen LogP contribution in [0.5, 0.6) is 0 Å². The lowest BCUT2D eigenvalue weighted by Crippen LogP contribution is -2.13. The number of halogens is 1. The quantitative estimate of drug-likeness (QED) is 0.429. The van der Waals surface area contributed by atoms with Gasteiger partial charge in [0.1, 0.15) is 17.4 Å². The third-order valence-corrected chi connectivity index (χ3v) is 4.98. The molecule has 0 fully saturated rings. The van der Waals surface area contributed by atoms with Crippen LogP contribution in [0.15, 0.2) is 80.6 Å². The minimum atomic E-state index is -0.522. The molecule has 134 valence electrons. The van der Waals surface area contributed by atoms with Crippen LogP contribution in [-0.2, 0) is 4.79 Å². The summed E-state index contributed by atoms with van der Waals surface area (Å²) in [5.41, 5.74) is 1.37. The van der Waals surface area contributed by atoms with Crippen LogP contribution < -0.4 is 5.32 Å². The van der Waals surface area contributed by atoms with Gasteiger partial charge in [0, 0.05) is 21.7 Å². The summed E-state index contributed by atoms with van der Waals surface area (Å²) in [4.78, 5) is 13.4. The third-order valence-electron chi connectivity index (χ3n) is 3.65. The Morgan fingerprint density at radius 2 is 1.96 bits per heavy atom. The van der Waals surface area contributed by atoms with Crippen molar-refractivity contribution in [2.45, 2.75) is 16.9 Å². The van der Waals surface area contributed by atoms with E-state index in [4.69, 9.17) is 16.0 Å². The summed E-state index contributed by atoms with van der Waals surface area (Å²) in [6.45, 7) is 1.87. The van der Waals surface area contributed by atoms with E-state index in [9.17, 15) is 10.1 Å². The van der Waals surface area contributed by atoms with Crippen LogP contribution in [0.25, 0.3) is 6.08 Å². The van der Waals surface area contributed by atoms with Crippen LogP contribution >= 0.6 is 23.4 Å². The molecule has 1 N–H and O–H groups in total. The maximum atomic E-state index is 12.4. The first-order valence-corrected chi connectivity index (χ1v) is 9.26. The minimum Gasteiger partial charge on any atom is -0.450 e. The van der Waals surface area contributed by atoms with Crippen LogP contribution in [-0.4, -0.2) is 5.91 Å². The first-order chi connectivity index (χ1) is 13.0. The molecule has 3 aromatic rings. The van der Waals surface area contributed by atoms with Crippen molar-refractivity contribution in [2.24, 2.45) is 0 Å². The number of anilines is 1. The van der Waals surface area contributed by atoms with E-state index in [1.165, 1.54) is 17.8 Å². The number of hydrogen-bond donors (Lipinski definition) is 1. The molecule has 0 saturated heterocycles. The van der Waals surface area contributed by atoms with Crippen molar-refractivity contribution in [3.8, 4) is 6.07 Å². The van der Waals surface area contributed by atoms with Gasteiger partial charge >= 0.3 is 0 Å². The molecule has 6 heteroatoms. The number of aryl methyl sites for hydroxylation is 1. The average molecular weight is 395 g/mol. The summed E-state index contributed by atoms with van der Waals surface area (Å²) in [6.07, 6.45) is 1.42. The number of carbonyl (C=O) groups is 1. The van der Waals surface area contributed by atoms with Crippen molar-refractivity contribution in [1.29, 1.82) is 5.26 Å². The summed E-state index contributed by atoms with van der Waals surface area (Å²) in [6, 6.07) is 20.4. The summed E-state index contributed by atoms with van der Waals surface area (Å²) in [5.74, 6) is -0.0897. The van der Waals surface area contributed by atoms with E-state index in [0.29, 0.717) is 21.6 Å². The standard InChI is InChI=1S/C21H15ClN2O2S/c1-14-7-8-16(12-19(14)22)24-21(25)15(13-23)11-17-9-10-20(26-17)27-18-5-3-2-4-6-18/h2-12H,1H3,(H,24,25)/b15-11+. The fraction of sp³-hybridized carbons (Fsp3) is 0.0476. The Bertz CT molecular complexity index is 1040. The van der Waals surface area contributed by atoms with Crippen LogP contribution in [0, 0.1) is 18.3 Å². The molecular weight excluding hydrogens is 380 g/mol. The summed E-state index contributed by atoms with van der Waals surface area (Å²) in [7, 11) is 0. The largest absolute Gasteiger partial charge is 0.450 e. The van der Waals surface area contributed by atoms with E-state index >= 15 is 0 Å². The van der Waals surface area contributed by atoms with Gasteiger partial charge in [-0.3, -0.25) is 4.79 Å². The van der Waals surface area contributed by atoms with Gasteiger partial charge < -0.3 is 9.73 Å². The SMILES string of the molecule is Cc1ccc(NC(=O)/C(C#N)=C/c2ccc(Sc3ccccc3)o2)cc1Cl. The second kappa shape index (κ2) is 8.63. The van der Waals surface area contributed by atoms with E-state index in [1.54, 1.807) is 30.3 Å². The monoisotopic (exact) mass is 394 g/mol. The average Bonchev–Trinajstić information content (AvgIpc) is 3.10. The van der Waals surface area contributed by atoms with Crippen LogP contribution in [0.3, 0.4) is 0 Å². The Morgan fingerprint density at radius 3 is 2.67 bits per heavy atom. The number of hydrogen-bond acceptors (Lipinski definition) is 4. The highest BCUT2D eigenvalue weighted by Crippen LogP contribution is 2.29. The number of furan rings is 1. The van der Waals surface area contributed by atoms with Gasteiger partial charge in [0.15, 0.2) is 5.09 Å². The normalized spacial score (nSPS) is 11.1. The van der Waals surface area contributed by atoms with Crippen molar-refractivity contribution >= 4 is 41.0 Å². The number of nitrogens with zero attached hydrogens (tertiary/aromatic N) is 1. The van der Waals surface area contributed by atoms with Gasteiger partial charge in [-0.05, 0) is 48.9 Å². The topological polar surface area (TPSA) is 66.0 Å². The lowest BCUT2D eigenvalue weighted by molar-refractivity contribution is -0.112. The Labute approximate surface area is 166 Å². The molecule has 1 aromatic heterocycles. The van der Waals surface area contributed by atoms with E-state index < -0.39 is 5.91 Å². The number of nitrogens with one attached hydrogen (secondary N) is 1. The zero-order valence-electron chi connectivity index (χ0n) is 14.4. The van der Waals surface area contributed by atoms with Crippen molar-refractivity contribution in [3.05, 3.63) is 82.6 Å². The smallest absolute Gasteiger partial charge is 0.266 e. The molecule has 0 spiro atoms. The second-order valence-corrected chi connectivity index (χ2v) is 7.14. The molecule has 0 bridgehead atoms. The highest BCUT2D eigenvalue weighted by Gasteiger charge is 2.12. The fourth-order valence-electron chi connectivity index (χ4n) is 2.23. The molecule has 2 aromatic carbocycles. The Hall–Kier alpha value is -2.94. The zero-order chi connectivity index (χ0) is 19.2. The van der Waals surface area contributed by atoms with Gasteiger partial charge in [0.05, 0.1) is 0 Å². The molecule has 0 aliphatic carbocycles. The van der Waals surface area contributed by atoms with E-state index in [-0.39, 0.29) is 5.57 Å². The molecule has 4 nitrogen and oxygen atoms in total. The number of rotatable bonds is 5. The summed E-state index contributed by atoms with van der Waals surface area (Å²) in [5, 5.41) is 13.2. The van der Waals surface area contributed by atoms with Gasteiger partial charge in [0.2, 0.25) is 0 Å². The van der Waals surface area contributed by atoms with Crippen LogP contribution in [0.2, 0.25) is 5.02 Å².